The van der Waals surface area contributed by atoms with Gasteiger partial charge in [-0.15, -0.1) is 0 Å². The van der Waals surface area contributed by atoms with Crippen molar-refractivity contribution in [1.29, 1.82) is 5.26 Å². The number of anilines is 1. The molecule has 0 saturated heterocycles. The summed E-state index contributed by atoms with van der Waals surface area (Å²) in [6, 6.07) is 2.31. The molecule has 1 aromatic heterocycles. The Morgan fingerprint density at radius 3 is 2.62 bits per heavy atom. The first-order chi connectivity index (χ1) is 11.4. The molecule has 2 N–H and O–H groups in total. The lowest BCUT2D eigenvalue weighted by molar-refractivity contribution is 0.422. The highest BCUT2D eigenvalue weighted by molar-refractivity contribution is 6.20. The molecule has 7 heteroatoms. The van der Waals surface area contributed by atoms with Crippen LogP contribution in [0.3, 0.4) is 0 Å². The van der Waals surface area contributed by atoms with Gasteiger partial charge in [-0.1, -0.05) is 19.3 Å². The molecule has 0 unspecified atom stereocenters. The third-order valence-corrected chi connectivity index (χ3v) is 5.03. The van der Waals surface area contributed by atoms with Crippen LogP contribution in [0, 0.1) is 11.3 Å². The second kappa shape index (κ2) is 5.93. The lowest BCUT2D eigenvalue weighted by Gasteiger charge is -2.32. The zero-order valence-electron chi connectivity index (χ0n) is 14.5. The molecule has 0 radical (unpaired) electrons. The number of nitrogen functional groups attached to an aromatic ring is 1. The van der Waals surface area contributed by atoms with Crippen LogP contribution >= 0.6 is 0 Å². The van der Waals surface area contributed by atoms with Gasteiger partial charge in [0.05, 0.1) is 6.04 Å². The molecule has 128 valence electrons. The van der Waals surface area contributed by atoms with E-state index in [1.165, 1.54) is 23.8 Å². The summed E-state index contributed by atoms with van der Waals surface area (Å²) in [5.41, 5.74) is 5.77. The summed E-state index contributed by atoms with van der Waals surface area (Å²) in [6.45, 7) is 6.14. The lowest BCUT2D eigenvalue weighted by Crippen LogP contribution is -2.47. The summed E-state index contributed by atoms with van der Waals surface area (Å²) in [5.74, 6) is 0.849. The Morgan fingerprint density at radius 1 is 1.38 bits per heavy atom. The zero-order valence-corrected chi connectivity index (χ0v) is 14.5. The van der Waals surface area contributed by atoms with Crippen molar-refractivity contribution in [2.24, 2.45) is 9.98 Å². The van der Waals surface area contributed by atoms with Crippen molar-refractivity contribution < 1.29 is 0 Å². The predicted molar refractivity (Wildman–Crippen MR) is 94.6 cm³/mol. The standard InChI is InChI=1S/C17H24N6O/c1-4-22-14(19)13-12(10-18)21-15(17(2,3)23(13)16(22)24)20-11-8-6-5-7-9-11/h11H,4-9,19H2,1-3H3. The molecule has 1 fully saturated rings. The van der Waals surface area contributed by atoms with Gasteiger partial charge in [0.2, 0.25) is 0 Å². The Hall–Kier alpha value is -2.36. The smallest absolute Gasteiger partial charge is 0.331 e. The van der Waals surface area contributed by atoms with Gasteiger partial charge in [0.15, 0.2) is 11.5 Å². The topological polar surface area (TPSA) is 101 Å². The van der Waals surface area contributed by atoms with Crippen molar-refractivity contribution in [3.05, 3.63) is 16.2 Å². The number of aliphatic imine (C=N–C) groups is 2. The van der Waals surface area contributed by atoms with E-state index in [0.29, 0.717) is 23.9 Å². The Labute approximate surface area is 141 Å². The number of rotatable bonds is 2. The minimum absolute atomic E-state index is 0.172. The number of nitriles is 1. The molecule has 24 heavy (non-hydrogen) atoms. The molecule has 1 aliphatic heterocycles. The zero-order chi connectivity index (χ0) is 17.5. The Balaban J connectivity index is 2.19. The first kappa shape index (κ1) is 16.5. The fraction of sp³-hybridized carbons (Fsp3) is 0.647. The maximum absolute atomic E-state index is 12.8. The third-order valence-electron chi connectivity index (χ3n) is 5.03. The first-order valence-corrected chi connectivity index (χ1v) is 8.60. The van der Waals surface area contributed by atoms with Crippen LogP contribution in [0.4, 0.5) is 5.82 Å². The number of fused-ring (bicyclic) bond motifs is 1. The number of hydrogen-bond donors (Lipinski definition) is 1. The molecule has 0 spiro atoms. The number of hydrogen-bond acceptors (Lipinski definition) is 4. The normalized spacial score (nSPS) is 22.1. The molecular formula is C17H24N6O. The Kier molecular flexibility index (Phi) is 4.08. The Bertz CT molecular complexity index is 811. The molecular weight excluding hydrogens is 304 g/mol. The molecule has 1 aliphatic carbocycles. The van der Waals surface area contributed by atoms with Gasteiger partial charge in [-0.25, -0.2) is 9.79 Å². The second-order valence-corrected chi connectivity index (χ2v) is 6.97. The number of nitrogens with zero attached hydrogens (tertiary/aromatic N) is 5. The molecule has 2 aliphatic rings. The van der Waals surface area contributed by atoms with E-state index in [1.807, 2.05) is 20.8 Å². The second-order valence-electron chi connectivity index (χ2n) is 6.97. The van der Waals surface area contributed by atoms with Gasteiger partial charge in [0.25, 0.3) is 0 Å². The fourth-order valence-corrected chi connectivity index (χ4v) is 3.66. The molecule has 1 aromatic rings. The van der Waals surface area contributed by atoms with Crippen LogP contribution in [-0.4, -0.2) is 26.7 Å². The van der Waals surface area contributed by atoms with Crippen molar-refractivity contribution in [3.8, 4) is 6.07 Å². The van der Waals surface area contributed by atoms with Gasteiger partial charge in [-0.2, -0.15) is 5.26 Å². The SMILES string of the molecule is CCn1c(N)c2n(c1=O)C(C)(C)C(=NC1CCCCC1)N=C2C#N. The molecule has 0 atom stereocenters. The summed E-state index contributed by atoms with van der Waals surface area (Å²) in [6.07, 6.45) is 5.66. The first-order valence-electron chi connectivity index (χ1n) is 8.60. The van der Waals surface area contributed by atoms with E-state index in [4.69, 9.17) is 10.7 Å². The fourth-order valence-electron chi connectivity index (χ4n) is 3.66. The van der Waals surface area contributed by atoms with Crippen LogP contribution < -0.4 is 11.4 Å². The average Bonchev–Trinajstić information content (AvgIpc) is 2.83. The molecule has 0 amide bonds. The minimum atomic E-state index is -0.723. The molecule has 1 saturated carbocycles. The van der Waals surface area contributed by atoms with Crippen LogP contribution in [-0.2, 0) is 12.1 Å². The summed E-state index contributed by atoms with van der Waals surface area (Å²) >= 11 is 0. The number of nitrogens with two attached hydrogens (primary N) is 1. The minimum Gasteiger partial charge on any atom is -0.383 e. The van der Waals surface area contributed by atoms with Crippen molar-refractivity contribution in [1.82, 2.24) is 9.13 Å². The lowest BCUT2D eigenvalue weighted by atomic mass is 9.94. The van der Waals surface area contributed by atoms with Crippen molar-refractivity contribution >= 4 is 17.4 Å². The highest BCUT2D eigenvalue weighted by Crippen LogP contribution is 2.30. The van der Waals surface area contributed by atoms with Crippen molar-refractivity contribution in [3.63, 3.8) is 0 Å². The van der Waals surface area contributed by atoms with Crippen LogP contribution in [0.25, 0.3) is 0 Å². The maximum atomic E-state index is 12.8. The summed E-state index contributed by atoms with van der Waals surface area (Å²) in [7, 11) is 0. The van der Waals surface area contributed by atoms with Crippen LogP contribution in [0.5, 0.6) is 0 Å². The predicted octanol–water partition coefficient (Wildman–Crippen LogP) is 2.04. The number of amidine groups is 1. The van der Waals surface area contributed by atoms with E-state index in [1.54, 1.807) is 4.57 Å². The van der Waals surface area contributed by atoms with Gasteiger partial charge in [0, 0.05) is 6.54 Å². The molecule has 7 nitrogen and oxygen atoms in total. The third kappa shape index (κ3) is 2.37. The van der Waals surface area contributed by atoms with E-state index in [2.05, 4.69) is 11.1 Å². The van der Waals surface area contributed by atoms with E-state index < -0.39 is 5.54 Å². The van der Waals surface area contributed by atoms with Gasteiger partial charge >= 0.3 is 5.69 Å². The molecule has 3 rings (SSSR count). The summed E-state index contributed by atoms with van der Waals surface area (Å²) in [5, 5.41) is 9.51. The average molecular weight is 328 g/mol. The molecule has 2 heterocycles. The Morgan fingerprint density at radius 2 is 2.04 bits per heavy atom. The van der Waals surface area contributed by atoms with Crippen LogP contribution in [0.15, 0.2) is 14.8 Å². The van der Waals surface area contributed by atoms with Crippen LogP contribution in [0.1, 0.15) is 58.6 Å². The van der Waals surface area contributed by atoms with Gasteiger partial charge in [-0.05, 0) is 33.6 Å². The van der Waals surface area contributed by atoms with E-state index in [-0.39, 0.29) is 17.4 Å². The summed E-state index contributed by atoms with van der Waals surface area (Å²) < 4.78 is 3.06. The van der Waals surface area contributed by atoms with Crippen molar-refractivity contribution in [2.45, 2.75) is 71.0 Å². The summed E-state index contributed by atoms with van der Waals surface area (Å²) in [4.78, 5) is 22.1. The van der Waals surface area contributed by atoms with Gasteiger partial charge in [-0.3, -0.25) is 14.1 Å². The van der Waals surface area contributed by atoms with Crippen LogP contribution in [0.2, 0.25) is 0 Å². The van der Waals surface area contributed by atoms with Gasteiger partial charge < -0.3 is 5.73 Å². The molecule has 0 bridgehead atoms. The van der Waals surface area contributed by atoms with Crippen molar-refractivity contribution in [2.75, 3.05) is 5.73 Å². The monoisotopic (exact) mass is 328 g/mol. The highest BCUT2D eigenvalue weighted by atomic mass is 16.2. The van der Waals surface area contributed by atoms with E-state index in [0.717, 1.165) is 12.8 Å². The number of imidazole rings is 1. The van der Waals surface area contributed by atoms with E-state index in [9.17, 15) is 10.1 Å². The van der Waals surface area contributed by atoms with Gasteiger partial charge in [0.1, 0.15) is 23.1 Å². The quantitative estimate of drug-likeness (QED) is 0.898. The largest absolute Gasteiger partial charge is 0.383 e. The highest BCUT2D eigenvalue weighted by Gasteiger charge is 2.40. The number of aromatic nitrogens is 2. The molecule has 0 aromatic carbocycles. The maximum Gasteiger partial charge on any atom is 0.331 e. The van der Waals surface area contributed by atoms with E-state index >= 15 is 0 Å².